The molecule has 0 aromatic heterocycles. The van der Waals surface area contributed by atoms with Crippen molar-refractivity contribution in [3.8, 4) is 0 Å². The molecule has 1 aliphatic rings. The molecule has 2 atom stereocenters. The minimum absolute atomic E-state index is 0.0464. The zero-order chi connectivity index (χ0) is 11.3. The first-order chi connectivity index (χ1) is 7.08. The van der Waals surface area contributed by atoms with Crippen molar-refractivity contribution in [1.82, 2.24) is 10.6 Å². The quantitative estimate of drug-likeness (QED) is 0.615. The van der Waals surface area contributed by atoms with Crippen LogP contribution in [0.4, 0.5) is 0 Å². The molecule has 0 spiro atoms. The second-order valence-corrected chi connectivity index (χ2v) is 4.67. The van der Waals surface area contributed by atoms with E-state index in [0.29, 0.717) is 25.0 Å². The Morgan fingerprint density at radius 3 is 2.73 bits per heavy atom. The van der Waals surface area contributed by atoms with Crippen LogP contribution in [-0.2, 0) is 4.79 Å². The standard InChI is InChI=1S/C11H22N2O2/c1-8(2)12-7-11(15)13-6-9-3-4-10(14)5-9/h8-10,12,14H,3-7H2,1-2H3,(H,13,15). The molecule has 0 heterocycles. The Morgan fingerprint density at radius 2 is 2.20 bits per heavy atom. The second kappa shape index (κ2) is 6.08. The van der Waals surface area contributed by atoms with Gasteiger partial charge in [0.2, 0.25) is 5.91 Å². The van der Waals surface area contributed by atoms with Crippen LogP contribution in [0.1, 0.15) is 33.1 Å². The zero-order valence-corrected chi connectivity index (χ0v) is 9.62. The first-order valence-electron chi connectivity index (χ1n) is 5.76. The van der Waals surface area contributed by atoms with Gasteiger partial charge in [0.25, 0.3) is 0 Å². The number of aliphatic hydroxyl groups excluding tert-OH is 1. The molecular formula is C11H22N2O2. The van der Waals surface area contributed by atoms with Gasteiger partial charge in [-0.1, -0.05) is 13.8 Å². The summed E-state index contributed by atoms with van der Waals surface area (Å²) in [6.45, 7) is 5.11. The number of aliphatic hydroxyl groups is 1. The van der Waals surface area contributed by atoms with Gasteiger partial charge in [0.15, 0.2) is 0 Å². The van der Waals surface area contributed by atoms with E-state index < -0.39 is 0 Å². The molecule has 4 nitrogen and oxygen atoms in total. The lowest BCUT2D eigenvalue weighted by Crippen LogP contribution is -2.38. The summed E-state index contributed by atoms with van der Waals surface area (Å²) in [6.07, 6.45) is 2.59. The van der Waals surface area contributed by atoms with Gasteiger partial charge in [-0.05, 0) is 25.2 Å². The molecule has 0 aliphatic heterocycles. The maximum absolute atomic E-state index is 11.3. The summed E-state index contributed by atoms with van der Waals surface area (Å²) in [5.41, 5.74) is 0. The Hall–Kier alpha value is -0.610. The lowest BCUT2D eigenvalue weighted by molar-refractivity contribution is -0.120. The van der Waals surface area contributed by atoms with Gasteiger partial charge >= 0.3 is 0 Å². The van der Waals surface area contributed by atoms with Crippen LogP contribution in [0.15, 0.2) is 0 Å². The number of rotatable bonds is 5. The van der Waals surface area contributed by atoms with Crippen molar-refractivity contribution in [2.24, 2.45) is 5.92 Å². The minimum Gasteiger partial charge on any atom is -0.393 e. The third-order valence-corrected chi connectivity index (χ3v) is 2.77. The van der Waals surface area contributed by atoms with Crippen LogP contribution in [0.3, 0.4) is 0 Å². The summed E-state index contributed by atoms with van der Waals surface area (Å²) in [6, 6.07) is 0.337. The second-order valence-electron chi connectivity index (χ2n) is 4.67. The van der Waals surface area contributed by atoms with Crippen molar-refractivity contribution >= 4 is 5.91 Å². The van der Waals surface area contributed by atoms with E-state index in [1.165, 1.54) is 0 Å². The smallest absolute Gasteiger partial charge is 0.233 e. The van der Waals surface area contributed by atoms with Crippen molar-refractivity contribution in [3.05, 3.63) is 0 Å². The molecule has 0 aromatic rings. The van der Waals surface area contributed by atoms with Crippen molar-refractivity contribution < 1.29 is 9.90 Å². The van der Waals surface area contributed by atoms with Crippen LogP contribution in [-0.4, -0.2) is 36.2 Å². The summed E-state index contributed by atoms with van der Waals surface area (Å²) in [4.78, 5) is 11.3. The molecule has 0 saturated heterocycles. The van der Waals surface area contributed by atoms with Crippen LogP contribution in [0, 0.1) is 5.92 Å². The van der Waals surface area contributed by atoms with E-state index in [2.05, 4.69) is 10.6 Å². The van der Waals surface area contributed by atoms with E-state index in [1.54, 1.807) is 0 Å². The largest absolute Gasteiger partial charge is 0.393 e. The van der Waals surface area contributed by atoms with E-state index in [4.69, 9.17) is 0 Å². The molecule has 0 radical (unpaired) electrons. The molecule has 88 valence electrons. The topological polar surface area (TPSA) is 61.4 Å². The predicted molar refractivity (Wildman–Crippen MR) is 59.5 cm³/mol. The van der Waals surface area contributed by atoms with E-state index in [1.807, 2.05) is 13.8 Å². The van der Waals surface area contributed by atoms with Gasteiger partial charge < -0.3 is 15.7 Å². The summed E-state index contributed by atoms with van der Waals surface area (Å²) in [5, 5.41) is 15.3. The highest BCUT2D eigenvalue weighted by molar-refractivity contribution is 5.77. The molecule has 1 rings (SSSR count). The van der Waals surface area contributed by atoms with Crippen LogP contribution in [0.25, 0.3) is 0 Å². The fourth-order valence-electron chi connectivity index (χ4n) is 1.85. The third-order valence-electron chi connectivity index (χ3n) is 2.77. The van der Waals surface area contributed by atoms with Gasteiger partial charge in [-0.25, -0.2) is 0 Å². The molecule has 1 aliphatic carbocycles. The first-order valence-corrected chi connectivity index (χ1v) is 5.76. The van der Waals surface area contributed by atoms with Crippen LogP contribution >= 0.6 is 0 Å². The van der Waals surface area contributed by atoms with Gasteiger partial charge in [-0.15, -0.1) is 0 Å². The summed E-state index contributed by atoms with van der Waals surface area (Å²) < 4.78 is 0. The molecule has 2 unspecified atom stereocenters. The Bertz CT molecular complexity index is 207. The zero-order valence-electron chi connectivity index (χ0n) is 9.62. The maximum atomic E-state index is 11.3. The van der Waals surface area contributed by atoms with Gasteiger partial charge in [0.05, 0.1) is 12.6 Å². The van der Waals surface area contributed by atoms with Gasteiger partial charge in [0.1, 0.15) is 0 Å². The Kier molecular flexibility index (Phi) is 5.05. The van der Waals surface area contributed by atoms with Gasteiger partial charge in [-0.2, -0.15) is 0 Å². The van der Waals surface area contributed by atoms with Crippen LogP contribution in [0.5, 0.6) is 0 Å². The number of carbonyl (C=O) groups is 1. The van der Waals surface area contributed by atoms with Gasteiger partial charge in [0, 0.05) is 12.6 Å². The molecule has 1 saturated carbocycles. The lowest BCUT2D eigenvalue weighted by atomic mass is 10.1. The summed E-state index contributed by atoms with van der Waals surface area (Å²) in [5.74, 6) is 0.507. The highest BCUT2D eigenvalue weighted by Crippen LogP contribution is 2.24. The average Bonchev–Trinajstić information content (AvgIpc) is 2.58. The van der Waals surface area contributed by atoms with Gasteiger partial charge in [-0.3, -0.25) is 4.79 Å². The van der Waals surface area contributed by atoms with E-state index in [0.717, 1.165) is 19.3 Å². The molecule has 0 aromatic carbocycles. The molecule has 3 N–H and O–H groups in total. The molecule has 1 amide bonds. The van der Waals surface area contributed by atoms with Crippen LogP contribution < -0.4 is 10.6 Å². The predicted octanol–water partition coefficient (Wildman–Crippen LogP) is 0.262. The summed E-state index contributed by atoms with van der Waals surface area (Å²) in [7, 11) is 0. The number of carbonyl (C=O) groups excluding carboxylic acids is 1. The molecular weight excluding hydrogens is 192 g/mol. The highest BCUT2D eigenvalue weighted by atomic mass is 16.3. The Morgan fingerprint density at radius 1 is 1.47 bits per heavy atom. The van der Waals surface area contributed by atoms with Crippen LogP contribution in [0.2, 0.25) is 0 Å². The number of nitrogens with one attached hydrogen (secondary N) is 2. The maximum Gasteiger partial charge on any atom is 0.233 e. The summed E-state index contributed by atoms with van der Waals surface area (Å²) >= 11 is 0. The SMILES string of the molecule is CC(C)NCC(=O)NCC1CCC(O)C1. The highest BCUT2D eigenvalue weighted by Gasteiger charge is 2.22. The molecule has 0 bridgehead atoms. The van der Waals surface area contributed by atoms with E-state index in [9.17, 15) is 9.90 Å². The van der Waals surface area contributed by atoms with Crippen molar-refractivity contribution in [2.45, 2.75) is 45.3 Å². The molecule has 4 heteroatoms. The van der Waals surface area contributed by atoms with Crippen molar-refractivity contribution in [3.63, 3.8) is 0 Å². The molecule has 15 heavy (non-hydrogen) atoms. The fraction of sp³-hybridized carbons (Fsp3) is 0.909. The Labute approximate surface area is 91.4 Å². The van der Waals surface area contributed by atoms with Crippen molar-refractivity contribution in [2.75, 3.05) is 13.1 Å². The number of hydrogen-bond acceptors (Lipinski definition) is 3. The lowest BCUT2D eigenvalue weighted by Gasteiger charge is -2.12. The normalized spacial score (nSPS) is 25.9. The monoisotopic (exact) mass is 214 g/mol. The Balaban J connectivity index is 2.06. The number of amides is 1. The molecule has 1 fully saturated rings. The first kappa shape index (κ1) is 12.5. The minimum atomic E-state index is -0.152. The van der Waals surface area contributed by atoms with Crippen molar-refractivity contribution in [1.29, 1.82) is 0 Å². The number of hydrogen-bond donors (Lipinski definition) is 3. The van der Waals surface area contributed by atoms with E-state index >= 15 is 0 Å². The third kappa shape index (κ3) is 5.14. The average molecular weight is 214 g/mol. The fourth-order valence-corrected chi connectivity index (χ4v) is 1.85. The van der Waals surface area contributed by atoms with E-state index in [-0.39, 0.29) is 12.0 Å².